The van der Waals surface area contributed by atoms with E-state index in [1.807, 2.05) is 17.5 Å². The van der Waals surface area contributed by atoms with Gasteiger partial charge in [-0.05, 0) is 74.4 Å². The molecule has 11 heteroatoms. The molecular weight excluding hydrogens is 574 g/mol. The van der Waals surface area contributed by atoms with Crippen molar-refractivity contribution in [2.75, 3.05) is 57.7 Å². The van der Waals surface area contributed by atoms with E-state index in [0.717, 1.165) is 99.7 Å². The Morgan fingerprint density at radius 3 is 2.54 bits per heavy atom. The van der Waals surface area contributed by atoms with Crippen molar-refractivity contribution in [3.8, 4) is 11.3 Å². The van der Waals surface area contributed by atoms with Crippen molar-refractivity contribution >= 4 is 44.0 Å². The number of guanidine groups is 1. The average molecular weight is 615 g/mol. The third-order valence-electron chi connectivity index (χ3n) is 6.41. The van der Waals surface area contributed by atoms with Gasteiger partial charge < -0.3 is 32.7 Å². The minimum Gasteiger partial charge on any atom is -0.381 e. The summed E-state index contributed by atoms with van der Waals surface area (Å²) in [5, 5.41) is 16.7. The van der Waals surface area contributed by atoms with Gasteiger partial charge in [-0.2, -0.15) is 4.99 Å². The van der Waals surface area contributed by atoms with E-state index in [2.05, 4.69) is 82.4 Å². The molecule has 39 heavy (non-hydrogen) atoms. The fourth-order valence-electron chi connectivity index (χ4n) is 4.55. The van der Waals surface area contributed by atoms with Crippen molar-refractivity contribution in [1.29, 1.82) is 0 Å². The van der Waals surface area contributed by atoms with Crippen LogP contribution in [0, 0.1) is 0 Å². The first-order chi connectivity index (χ1) is 19.0. The highest BCUT2D eigenvalue weighted by Gasteiger charge is 2.09. The van der Waals surface area contributed by atoms with Gasteiger partial charge in [0.25, 0.3) is 0 Å². The maximum Gasteiger partial charge on any atom is 0.212 e. The topological polar surface area (TPSA) is 129 Å². The Morgan fingerprint density at radius 1 is 0.949 bits per heavy atom. The number of anilines is 1. The first kappa shape index (κ1) is 29.4. The molecule has 1 fully saturated rings. The molecule has 1 saturated heterocycles. The predicted molar refractivity (Wildman–Crippen MR) is 168 cm³/mol. The number of hydrogen-bond acceptors (Lipinski definition) is 8. The van der Waals surface area contributed by atoms with Gasteiger partial charge in [0.05, 0.1) is 5.69 Å². The Hall–Kier alpha value is -2.54. The normalized spacial score (nSPS) is 16.3. The number of thiazole rings is 1. The molecule has 0 bridgehead atoms. The summed E-state index contributed by atoms with van der Waals surface area (Å²) in [4.78, 5) is 11.1. The summed E-state index contributed by atoms with van der Waals surface area (Å²) in [6, 6.07) is 15.0. The zero-order chi connectivity index (χ0) is 27.3. The minimum absolute atomic E-state index is 0.0140. The molecular formula is C28H40BrN9S. The third kappa shape index (κ3) is 10.5. The van der Waals surface area contributed by atoms with E-state index in [0.29, 0.717) is 5.13 Å². The van der Waals surface area contributed by atoms with Crippen LogP contribution in [0.15, 0.2) is 57.3 Å². The lowest BCUT2D eigenvalue weighted by molar-refractivity contribution is 0.260. The molecule has 0 unspecified atom stereocenters. The maximum atomic E-state index is 5.48. The van der Waals surface area contributed by atoms with Crippen LogP contribution >= 0.6 is 27.3 Å². The van der Waals surface area contributed by atoms with Crippen molar-refractivity contribution in [3.05, 3.63) is 63.4 Å². The molecule has 1 aromatic heterocycles. The van der Waals surface area contributed by atoms with Crippen LogP contribution in [-0.2, 0) is 13.1 Å². The van der Waals surface area contributed by atoms with Gasteiger partial charge in [0.15, 0.2) is 5.96 Å². The molecule has 2 heterocycles. The Labute approximate surface area is 244 Å². The van der Waals surface area contributed by atoms with E-state index in [9.17, 15) is 0 Å². The number of aliphatic imine (C=N–C) groups is 1. The Kier molecular flexibility index (Phi) is 12.0. The zero-order valence-corrected chi connectivity index (χ0v) is 24.8. The van der Waals surface area contributed by atoms with Crippen LogP contribution in [0.5, 0.6) is 0 Å². The number of aromatic nitrogens is 1. The van der Waals surface area contributed by atoms with Crippen LogP contribution in [0.25, 0.3) is 11.3 Å². The van der Waals surface area contributed by atoms with Gasteiger partial charge in [-0.25, -0.2) is 4.98 Å². The third-order valence-corrected chi connectivity index (χ3v) is 7.61. The summed E-state index contributed by atoms with van der Waals surface area (Å²) in [5.41, 5.74) is 16.4. The number of nitrogens with zero attached hydrogens (tertiary/aromatic N) is 3. The highest BCUT2D eigenvalue weighted by atomic mass is 79.9. The van der Waals surface area contributed by atoms with Crippen molar-refractivity contribution in [3.63, 3.8) is 0 Å². The zero-order valence-electron chi connectivity index (χ0n) is 22.4. The second kappa shape index (κ2) is 15.9. The molecule has 3 aromatic rings. The van der Waals surface area contributed by atoms with Crippen LogP contribution < -0.4 is 32.7 Å². The summed E-state index contributed by atoms with van der Waals surface area (Å²) in [6.45, 7) is 10.0. The van der Waals surface area contributed by atoms with Crippen LogP contribution in [0.3, 0.4) is 0 Å². The maximum absolute atomic E-state index is 5.48. The number of halogens is 1. The monoisotopic (exact) mass is 613 g/mol. The van der Waals surface area contributed by atoms with E-state index < -0.39 is 0 Å². The van der Waals surface area contributed by atoms with Gasteiger partial charge in [-0.3, -0.25) is 4.90 Å². The Morgan fingerprint density at radius 2 is 1.72 bits per heavy atom. The van der Waals surface area contributed by atoms with Crippen LogP contribution in [0.1, 0.15) is 24.0 Å². The van der Waals surface area contributed by atoms with E-state index in [1.165, 1.54) is 22.5 Å². The highest BCUT2D eigenvalue weighted by molar-refractivity contribution is 9.10. The van der Waals surface area contributed by atoms with Crippen LogP contribution in [-0.4, -0.2) is 68.2 Å². The van der Waals surface area contributed by atoms with E-state index >= 15 is 0 Å². The molecule has 9 nitrogen and oxygen atoms in total. The molecule has 0 radical (unpaired) electrons. The summed E-state index contributed by atoms with van der Waals surface area (Å²) in [6.07, 6.45) is 2.30. The van der Waals surface area contributed by atoms with Crippen molar-refractivity contribution in [2.45, 2.75) is 25.9 Å². The summed E-state index contributed by atoms with van der Waals surface area (Å²) in [5.74, 6) is 0.0140. The van der Waals surface area contributed by atoms with Crippen molar-refractivity contribution in [2.24, 2.45) is 16.5 Å². The Balaban J connectivity index is 1.36. The fourth-order valence-corrected chi connectivity index (χ4v) is 5.85. The molecule has 1 aliphatic rings. The molecule has 0 spiro atoms. The van der Waals surface area contributed by atoms with E-state index in [-0.39, 0.29) is 5.96 Å². The molecule has 8 N–H and O–H groups in total. The summed E-state index contributed by atoms with van der Waals surface area (Å²) < 4.78 is 1.11. The second-order valence-electron chi connectivity index (χ2n) is 9.69. The number of rotatable bonds is 7. The van der Waals surface area contributed by atoms with Gasteiger partial charge >= 0.3 is 0 Å². The van der Waals surface area contributed by atoms with Crippen LogP contribution in [0.4, 0.5) is 10.8 Å². The lowest BCUT2D eigenvalue weighted by atomic mass is 10.1. The lowest BCUT2D eigenvalue weighted by Gasteiger charge is -2.24. The Bertz CT molecular complexity index is 1180. The van der Waals surface area contributed by atoms with Gasteiger partial charge in [-0.15, -0.1) is 11.3 Å². The summed E-state index contributed by atoms with van der Waals surface area (Å²) in [7, 11) is 0. The van der Waals surface area contributed by atoms with Gasteiger partial charge in [0.2, 0.25) is 5.13 Å². The van der Waals surface area contributed by atoms with E-state index in [4.69, 9.17) is 11.5 Å². The highest BCUT2D eigenvalue weighted by Crippen LogP contribution is 2.28. The number of nitrogens with one attached hydrogen (secondary N) is 4. The largest absolute Gasteiger partial charge is 0.381 e. The van der Waals surface area contributed by atoms with Crippen LogP contribution in [0.2, 0.25) is 0 Å². The predicted octanol–water partition coefficient (Wildman–Crippen LogP) is 3.45. The standard InChI is InChI=1S/C28H40BrN9S/c29-24-15-21(18-35-25-5-1-4-23(17-25)26-20-39-28(36-26)37-27(30)31)14-22(16-24)19-38-12-3-8-33-10-9-32-6-2-7-34-11-13-38/h1,4-5,14-17,20,32-35H,2-3,6-13,18-19H2,(H4,30,31,36,37). The van der Waals surface area contributed by atoms with Gasteiger partial charge in [-0.1, -0.05) is 34.1 Å². The van der Waals surface area contributed by atoms with Gasteiger partial charge in [0.1, 0.15) is 0 Å². The SMILES string of the molecule is NC(N)=Nc1nc(-c2cccc(NCc3cc(Br)cc(CN4CCCNCCNCCCNCC4)c3)c2)cs1. The number of benzene rings is 2. The fraction of sp³-hybridized carbons (Fsp3) is 0.429. The molecule has 2 aromatic carbocycles. The van der Waals surface area contributed by atoms with Crippen molar-refractivity contribution < 1.29 is 0 Å². The molecule has 4 rings (SSSR count). The van der Waals surface area contributed by atoms with Crippen molar-refractivity contribution in [1.82, 2.24) is 25.8 Å². The molecule has 0 saturated carbocycles. The number of hydrogen-bond donors (Lipinski definition) is 6. The molecule has 0 amide bonds. The quantitative estimate of drug-likeness (QED) is 0.177. The first-order valence-electron chi connectivity index (χ1n) is 13.6. The van der Waals surface area contributed by atoms with E-state index in [1.54, 1.807) is 0 Å². The smallest absolute Gasteiger partial charge is 0.212 e. The second-order valence-corrected chi connectivity index (χ2v) is 11.4. The summed E-state index contributed by atoms with van der Waals surface area (Å²) >= 11 is 5.16. The first-order valence-corrected chi connectivity index (χ1v) is 15.2. The number of nitrogens with two attached hydrogens (primary N) is 2. The molecule has 0 aliphatic carbocycles. The molecule has 210 valence electrons. The van der Waals surface area contributed by atoms with Gasteiger partial charge in [0, 0.05) is 60.4 Å². The molecule has 1 aliphatic heterocycles. The molecule has 0 atom stereocenters. The lowest BCUT2D eigenvalue weighted by Crippen LogP contribution is -2.36. The minimum atomic E-state index is 0.0140. The average Bonchev–Trinajstić information content (AvgIpc) is 3.37.